The van der Waals surface area contributed by atoms with Gasteiger partial charge in [-0.2, -0.15) is 0 Å². The second-order valence-corrected chi connectivity index (χ2v) is 8.41. The lowest BCUT2D eigenvalue weighted by Crippen LogP contribution is -2.49. The zero-order chi connectivity index (χ0) is 21.7. The first-order valence-electron chi connectivity index (χ1n) is 10.1. The summed E-state index contributed by atoms with van der Waals surface area (Å²) in [4.78, 5) is 27.7. The van der Waals surface area contributed by atoms with Gasteiger partial charge in [-0.1, -0.05) is 43.5 Å². The van der Waals surface area contributed by atoms with E-state index in [0.717, 1.165) is 25.7 Å². The van der Waals surface area contributed by atoms with Crippen LogP contribution in [0.15, 0.2) is 48.5 Å². The molecule has 2 aromatic rings. The number of hydrogen-bond acceptors (Lipinski definition) is 2. The zero-order valence-corrected chi connectivity index (χ0v) is 18.3. The predicted octanol–water partition coefficient (Wildman–Crippen LogP) is 5.49. The van der Waals surface area contributed by atoms with E-state index in [1.54, 1.807) is 24.3 Å². The molecule has 4 nitrogen and oxygen atoms in total. The van der Waals surface area contributed by atoms with E-state index in [1.807, 2.05) is 0 Å². The van der Waals surface area contributed by atoms with Crippen LogP contribution in [0.3, 0.4) is 0 Å². The third-order valence-electron chi connectivity index (χ3n) is 5.62. The summed E-state index contributed by atoms with van der Waals surface area (Å²) in [7, 11) is 0. The Kier molecular flexibility index (Phi) is 7.73. The molecule has 0 saturated heterocycles. The van der Waals surface area contributed by atoms with Crippen LogP contribution in [0.25, 0.3) is 0 Å². The van der Waals surface area contributed by atoms with E-state index in [1.165, 1.54) is 29.2 Å². The minimum Gasteiger partial charge on any atom is -0.351 e. The second-order valence-electron chi connectivity index (χ2n) is 7.70. The van der Waals surface area contributed by atoms with Crippen molar-refractivity contribution in [3.05, 3.63) is 64.9 Å². The molecule has 0 spiro atoms. The molecule has 1 saturated carbocycles. The first-order chi connectivity index (χ1) is 14.4. The van der Waals surface area contributed by atoms with E-state index < -0.39 is 17.8 Å². The Morgan fingerprint density at radius 3 is 2.33 bits per heavy atom. The van der Waals surface area contributed by atoms with E-state index in [0.29, 0.717) is 22.2 Å². The summed E-state index contributed by atoms with van der Waals surface area (Å²) in [6, 6.07) is 11.3. The summed E-state index contributed by atoms with van der Waals surface area (Å²) in [6.07, 6.45) is 4.17. The van der Waals surface area contributed by atoms with Gasteiger partial charge in [-0.15, -0.1) is 11.6 Å². The second kappa shape index (κ2) is 10.3. The lowest BCUT2D eigenvalue weighted by molar-refractivity contribution is -0.126. The van der Waals surface area contributed by atoms with E-state index >= 15 is 0 Å². The summed E-state index contributed by atoms with van der Waals surface area (Å²) >= 11 is 11.9. The molecule has 2 aromatic carbocycles. The van der Waals surface area contributed by atoms with Gasteiger partial charge in [-0.05, 0) is 60.7 Å². The van der Waals surface area contributed by atoms with Gasteiger partial charge in [0.15, 0.2) is 0 Å². The van der Waals surface area contributed by atoms with E-state index in [-0.39, 0.29) is 17.8 Å². The number of anilines is 1. The zero-order valence-electron chi connectivity index (χ0n) is 16.8. The van der Waals surface area contributed by atoms with Gasteiger partial charge in [0, 0.05) is 16.8 Å². The summed E-state index contributed by atoms with van der Waals surface area (Å²) in [5, 5.41) is 3.66. The molecule has 1 N–H and O–H groups in total. The Labute approximate surface area is 186 Å². The number of rotatable bonds is 6. The lowest BCUT2D eigenvalue weighted by atomic mass is 9.85. The van der Waals surface area contributed by atoms with Crippen LogP contribution < -0.4 is 10.2 Å². The lowest BCUT2D eigenvalue weighted by Gasteiger charge is -2.35. The number of carbonyl (C=O) groups excluding carboxylic acids is 2. The molecule has 3 atom stereocenters. The summed E-state index contributed by atoms with van der Waals surface area (Å²) < 4.78 is 13.5. The topological polar surface area (TPSA) is 49.4 Å². The number of halogens is 3. The molecule has 160 valence electrons. The molecule has 1 aliphatic rings. The summed E-state index contributed by atoms with van der Waals surface area (Å²) in [5.74, 6) is -1.12. The van der Waals surface area contributed by atoms with Crippen LogP contribution in [-0.4, -0.2) is 23.7 Å². The van der Waals surface area contributed by atoms with Crippen molar-refractivity contribution >= 4 is 40.7 Å². The number of nitrogens with zero attached hydrogens (tertiary/aromatic N) is 1. The molecule has 30 heavy (non-hydrogen) atoms. The molecule has 7 heteroatoms. The van der Waals surface area contributed by atoms with Crippen molar-refractivity contribution < 1.29 is 14.0 Å². The third kappa shape index (κ3) is 5.32. The molecule has 0 aromatic heterocycles. The molecule has 0 radical (unpaired) electrons. The predicted molar refractivity (Wildman–Crippen MR) is 118 cm³/mol. The number of benzene rings is 2. The van der Waals surface area contributed by atoms with Crippen LogP contribution in [0, 0.1) is 11.7 Å². The van der Waals surface area contributed by atoms with Gasteiger partial charge in [-0.3, -0.25) is 14.5 Å². The van der Waals surface area contributed by atoms with E-state index in [9.17, 15) is 14.0 Å². The van der Waals surface area contributed by atoms with Crippen molar-refractivity contribution in [1.29, 1.82) is 0 Å². The largest absolute Gasteiger partial charge is 0.351 e. The SMILES string of the molecule is C[C@@H]1CCCC[C@@H]1NC(=O)[C@H](c1ccc(Cl)cc1)N(C(=O)CCl)c1ccc(F)cc1. The number of carbonyl (C=O) groups is 2. The minimum absolute atomic E-state index is 0.0437. The Morgan fingerprint density at radius 1 is 1.10 bits per heavy atom. The maximum atomic E-state index is 13.5. The highest BCUT2D eigenvalue weighted by Gasteiger charge is 2.34. The summed E-state index contributed by atoms with van der Waals surface area (Å²) in [5.41, 5.74) is 0.997. The van der Waals surface area contributed by atoms with Crippen molar-refractivity contribution in [2.75, 3.05) is 10.8 Å². The fraction of sp³-hybridized carbons (Fsp3) is 0.391. The molecule has 0 aliphatic heterocycles. The normalized spacial score (nSPS) is 19.7. The first-order valence-corrected chi connectivity index (χ1v) is 11.0. The van der Waals surface area contributed by atoms with Gasteiger partial charge in [0.2, 0.25) is 11.8 Å². The van der Waals surface area contributed by atoms with Crippen LogP contribution in [0.2, 0.25) is 5.02 Å². The smallest absolute Gasteiger partial charge is 0.248 e. The highest BCUT2D eigenvalue weighted by molar-refractivity contribution is 6.30. The highest BCUT2D eigenvalue weighted by atomic mass is 35.5. The van der Waals surface area contributed by atoms with Crippen molar-refractivity contribution in [2.24, 2.45) is 5.92 Å². The summed E-state index contributed by atoms with van der Waals surface area (Å²) in [6.45, 7) is 2.13. The van der Waals surface area contributed by atoms with Gasteiger partial charge >= 0.3 is 0 Å². The van der Waals surface area contributed by atoms with Crippen molar-refractivity contribution in [3.8, 4) is 0 Å². The van der Waals surface area contributed by atoms with Crippen molar-refractivity contribution in [1.82, 2.24) is 5.32 Å². The molecular formula is C23H25Cl2FN2O2. The molecule has 0 bridgehead atoms. The van der Waals surface area contributed by atoms with Gasteiger partial charge in [0.1, 0.15) is 17.7 Å². The number of nitrogens with one attached hydrogen (secondary N) is 1. The monoisotopic (exact) mass is 450 g/mol. The van der Waals surface area contributed by atoms with Crippen LogP contribution in [-0.2, 0) is 9.59 Å². The van der Waals surface area contributed by atoms with Crippen LogP contribution in [0.4, 0.5) is 10.1 Å². The van der Waals surface area contributed by atoms with Gasteiger partial charge in [0.05, 0.1) is 0 Å². The highest BCUT2D eigenvalue weighted by Crippen LogP contribution is 2.31. The van der Waals surface area contributed by atoms with Gasteiger partial charge in [0.25, 0.3) is 0 Å². The third-order valence-corrected chi connectivity index (χ3v) is 6.10. The van der Waals surface area contributed by atoms with Crippen LogP contribution in [0.5, 0.6) is 0 Å². The molecule has 1 fully saturated rings. The van der Waals surface area contributed by atoms with Gasteiger partial charge in [-0.25, -0.2) is 4.39 Å². The Morgan fingerprint density at radius 2 is 1.73 bits per heavy atom. The Hall–Kier alpha value is -2.11. The number of hydrogen-bond donors (Lipinski definition) is 1. The Balaban J connectivity index is 2.01. The van der Waals surface area contributed by atoms with Crippen molar-refractivity contribution in [3.63, 3.8) is 0 Å². The fourth-order valence-corrected chi connectivity index (χ4v) is 4.21. The average molecular weight is 451 g/mol. The van der Waals surface area contributed by atoms with Crippen molar-refractivity contribution in [2.45, 2.75) is 44.7 Å². The van der Waals surface area contributed by atoms with E-state index in [2.05, 4.69) is 12.2 Å². The van der Waals surface area contributed by atoms with Crippen LogP contribution >= 0.6 is 23.2 Å². The maximum absolute atomic E-state index is 13.5. The molecule has 3 rings (SSSR count). The maximum Gasteiger partial charge on any atom is 0.248 e. The molecule has 0 unspecified atom stereocenters. The molecule has 1 aliphatic carbocycles. The quantitative estimate of drug-likeness (QED) is 0.591. The Bertz CT molecular complexity index is 874. The number of alkyl halides is 1. The molecule has 2 amide bonds. The molecular weight excluding hydrogens is 426 g/mol. The standard InChI is InChI=1S/C23H25Cl2FN2O2/c1-15-4-2-3-5-20(15)27-23(30)22(16-6-8-17(25)9-7-16)28(21(29)14-24)19-12-10-18(26)11-13-19/h6-13,15,20,22H,2-5,14H2,1H3,(H,27,30)/t15-,20+,22+/m1/s1. The van der Waals surface area contributed by atoms with E-state index in [4.69, 9.17) is 23.2 Å². The number of amides is 2. The van der Waals surface area contributed by atoms with Gasteiger partial charge < -0.3 is 5.32 Å². The van der Waals surface area contributed by atoms with Crippen LogP contribution in [0.1, 0.15) is 44.2 Å². The molecule has 0 heterocycles. The fourth-order valence-electron chi connectivity index (χ4n) is 3.96. The average Bonchev–Trinajstić information content (AvgIpc) is 2.75. The minimum atomic E-state index is -0.951. The first kappa shape index (κ1) is 22.6.